The van der Waals surface area contributed by atoms with Gasteiger partial charge >= 0.3 is 0 Å². The molecule has 6 heteroatoms. The van der Waals surface area contributed by atoms with Crippen LogP contribution >= 0.6 is 12.2 Å². The Balaban J connectivity index is 2.03. The number of rotatable bonds is 4. The van der Waals surface area contributed by atoms with E-state index in [1.807, 2.05) is 6.92 Å². The fourth-order valence-corrected chi connectivity index (χ4v) is 2.13. The number of nitrogens with zero attached hydrogens (tertiary/aromatic N) is 2. The van der Waals surface area contributed by atoms with Crippen LogP contribution in [0.15, 0.2) is 6.20 Å². The lowest BCUT2D eigenvalue weighted by molar-refractivity contribution is 0.0699. The van der Waals surface area contributed by atoms with Crippen LogP contribution in [0.4, 0.5) is 5.82 Å². The maximum Gasteiger partial charge on any atom is 0.139 e. The minimum Gasteiger partial charge on any atom is -0.389 e. The molecule has 2 rings (SSSR count). The lowest BCUT2D eigenvalue weighted by atomic mass is 10.0. The van der Waals surface area contributed by atoms with E-state index in [0.29, 0.717) is 22.3 Å². The van der Waals surface area contributed by atoms with Crippen molar-refractivity contribution >= 4 is 23.0 Å². The number of thiocarbonyl (C=S) groups is 1. The summed E-state index contributed by atoms with van der Waals surface area (Å²) < 4.78 is 5.34. The Hall–Kier alpha value is -1.27. The Morgan fingerprint density at radius 3 is 2.94 bits per heavy atom. The van der Waals surface area contributed by atoms with Gasteiger partial charge in [0.15, 0.2) is 0 Å². The van der Waals surface area contributed by atoms with Gasteiger partial charge < -0.3 is 15.8 Å². The number of anilines is 1. The highest BCUT2D eigenvalue weighted by Gasteiger charge is 2.15. The first-order valence-electron chi connectivity index (χ1n) is 6.12. The molecule has 0 unspecified atom stereocenters. The van der Waals surface area contributed by atoms with E-state index in [1.54, 1.807) is 6.20 Å². The molecule has 1 aliphatic heterocycles. The van der Waals surface area contributed by atoms with E-state index in [0.717, 1.165) is 38.4 Å². The van der Waals surface area contributed by atoms with E-state index >= 15 is 0 Å². The molecule has 1 aliphatic rings. The molecule has 0 aromatic carbocycles. The van der Waals surface area contributed by atoms with E-state index < -0.39 is 0 Å². The van der Waals surface area contributed by atoms with Crippen molar-refractivity contribution in [2.24, 2.45) is 11.7 Å². The second-order valence-electron chi connectivity index (χ2n) is 4.48. The average Bonchev–Trinajstić information content (AvgIpc) is 2.37. The summed E-state index contributed by atoms with van der Waals surface area (Å²) in [5, 5.41) is 3.33. The molecular weight excluding hydrogens is 248 g/mol. The summed E-state index contributed by atoms with van der Waals surface area (Å²) in [6.07, 6.45) is 3.84. The van der Waals surface area contributed by atoms with Gasteiger partial charge in [-0.05, 0) is 25.7 Å². The zero-order valence-electron chi connectivity index (χ0n) is 10.5. The van der Waals surface area contributed by atoms with Crippen LogP contribution in [0.1, 0.15) is 24.2 Å². The van der Waals surface area contributed by atoms with Crippen LogP contribution in [0.25, 0.3) is 0 Å². The van der Waals surface area contributed by atoms with Crippen LogP contribution in [0.3, 0.4) is 0 Å². The zero-order valence-corrected chi connectivity index (χ0v) is 11.3. The Labute approximate surface area is 112 Å². The third-order valence-corrected chi connectivity index (χ3v) is 3.29. The van der Waals surface area contributed by atoms with E-state index in [1.165, 1.54) is 0 Å². The number of nitrogens with two attached hydrogens (primary N) is 1. The maximum absolute atomic E-state index is 5.66. The molecular formula is C12H18N4OS. The Kier molecular flexibility index (Phi) is 4.43. The van der Waals surface area contributed by atoms with Gasteiger partial charge in [-0.15, -0.1) is 0 Å². The van der Waals surface area contributed by atoms with Gasteiger partial charge in [0.25, 0.3) is 0 Å². The van der Waals surface area contributed by atoms with Crippen molar-refractivity contribution in [3.05, 3.63) is 17.6 Å². The summed E-state index contributed by atoms with van der Waals surface area (Å²) >= 11 is 5.00. The monoisotopic (exact) mass is 266 g/mol. The number of hydrogen-bond acceptors (Lipinski definition) is 5. The minimum atomic E-state index is 0.324. The molecule has 0 saturated carbocycles. The number of aryl methyl sites for hydroxylation is 1. The van der Waals surface area contributed by atoms with Gasteiger partial charge in [0.05, 0.1) is 5.56 Å². The number of hydrogen-bond donors (Lipinski definition) is 2. The van der Waals surface area contributed by atoms with Crippen molar-refractivity contribution in [1.29, 1.82) is 0 Å². The average molecular weight is 266 g/mol. The number of ether oxygens (including phenoxy) is 1. The topological polar surface area (TPSA) is 73.1 Å². The van der Waals surface area contributed by atoms with Gasteiger partial charge in [-0.3, -0.25) is 0 Å². The summed E-state index contributed by atoms with van der Waals surface area (Å²) in [7, 11) is 0. The SMILES string of the molecule is Cc1ncc(C(N)=S)c(NCC2CCOCC2)n1. The predicted molar refractivity (Wildman–Crippen MR) is 74.7 cm³/mol. The summed E-state index contributed by atoms with van der Waals surface area (Å²) in [5.41, 5.74) is 6.38. The highest BCUT2D eigenvalue weighted by molar-refractivity contribution is 7.80. The molecule has 0 bridgehead atoms. The molecule has 0 atom stereocenters. The van der Waals surface area contributed by atoms with Crippen LogP contribution in [-0.2, 0) is 4.74 Å². The summed E-state index contributed by atoms with van der Waals surface area (Å²) in [6.45, 7) is 4.41. The lowest BCUT2D eigenvalue weighted by Gasteiger charge is -2.22. The fourth-order valence-electron chi connectivity index (χ4n) is 1.98. The molecule has 98 valence electrons. The third kappa shape index (κ3) is 3.36. The van der Waals surface area contributed by atoms with Crippen LogP contribution < -0.4 is 11.1 Å². The Morgan fingerprint density at radius 2 is 2.28 bits per heavy atom. The Morgan fingerprint density at radius 1 is 1.56 bits per heavy atom. The fraction of sp³-hybridized carbons (Fsp3) is 0.583. The van der Waals surface area contributed by atoms with Crippen LogP contribution in [0, 0.1) is 12.8 Å². The van der Waals surface area contributed by atoms with Crippen LogP contribution in [0.2, 0.25) is 0 Å². The lowest BCUT2D eigenvalue weighted by Crippen LogP contribution is -2.24. The van der Waals surface area contributed by atoms with Crippen LogP contribution in [0.5, 0.6) is 0 Å². The molecule has 5 nitrogen and oxygen atoms in total. The summed E-state index contributed by atoms with van der Waals surface area (Å²) in [4.78, 5) is 8.80. The van der Waals surface area contributed by atoms with Gasteiger partial charge in [0.1, 0.15) is 16.6 Å². The van der Waals surface area contributed by atoms with Crippen molar-refractivity contribution in [1.82, 2.24) is 9.97 Å². The van der Waals surface area contributed by atoms with Gasteiger partial charge in [-0.25, -0.2) is 9.97 Å². The second-order valence-corrected chi connectivity index (χ2v) is 4.92. The highest BCUT2D eigenvalue weighted by atomic mass is 32.1. The van der Waals surface area contributed by atoms with Gasteiger partial charge in [-0.2, -0.15) is 0 Å². The van der Waals surface area contributed by atoms with Crippen molar-refractivity contribution in [2.75, 3.05) is 25.1 Å². The van der Waals surface area contributed by atoms with Crippen molar-refractivity contribution in [3.63, 3.8) is 0 Å². The first-order valence-corrected chi connectivity index (χ1v) is 6.52. The van der Waals surface area contributed by atoms with Gasteiger partial charge in [0.2, 0.25) is 0 Å². The van der Waals surface area contributed by atoms with Crippen molar-refractivity contribution in [3.8, 4) is 0 Å². The molecule has 1 fully saturated rings. The quantitative estimate of drug-likeness (QED) is 0.799. The molecule has 0 aliphatic carbocycles. The third-order valence-electron chi connectivity index (χ3n) is 3.07. The molecule has 0 spiro atoms. The highest BCUT2D eigenvalue weighted by Crippen LogP contribution is 2.17. The summed E-state index contributed by atoms with van der Waals surface area (Å²) in [6, 6.07) is 0. The molecule has 1 aromatic rings. The zero-order chi connectivity index (χ0) is 13.0. The number of aromatic nitrogens is 2. The van der Waals surface area contributed by atoms with Crippen LogP contribution in [-0.4, -0.2) is 34.7 Å². The van der Waals surface area contributed by atoms with E-state index in [4.69, 9.17) is 22.7 Å². The standard InChI is InChI=1S/C12H18N4OS/c1-8-14-7-10(11(13)18)12(16-8)15-6-9-2-4-17-5-3-9/h7,9H,2-6H2,1H3,(H2,13,18)(H,14,15,16). The molecule has 0 radical (unpaired) electrons. The van der Waals surface area contributed by atoms with E-state index in [9.17, 15) is 0 Å². The molecule has 1 aromatic heterocycles. The van der Waals surface area contributed by atoms with Crippen molar-refractivity contribution < 1.29 is 4.74 Å². The smallest absolute Gasteiger partial charge is 0.139 e. The second kappa shape index (κ2) is 6.06. The molecule has 2 heterocycles. The molecule has 3 N–H and O–H groups in total. The largest absolute Gasteiger partial charge is 0.389 e. The van der Waals surface area contributed by atoms with E-state index in [2.05, 4.69) is 15.3 Å². The van der Waals surface area contributed by atoms with Gasteiger partial charge in [0, 0.05) is 26.0 Å². The predicted octanol–water partition coefficient (Wildman–Crippen LogP) is 1.26. The first kappa shape index (κ1) is 13.2. The van der Waals surface area contributed by atoms with Gasteiger partial charge in [-0.1, -0.05) is 12.2 Å². The normalized spacial score (nSPS) is 16.5. The van der Waals surface area contributed by atoms with E-state index in [-0.39, 0.29) is 0 Å². The maximum atomic E-state index is 5.66. The Bertz CT molecular complexity index is 432. The number of nitrogens with one attached hydrogen (secondary N) is 1. The first-order chi connectivity index (χ1) is 8.66. The molecule has 1 saturated heterocycles. The molecule has 0 amide bonds. The molecule has 18 heavy (non-hydrogen) atoms. The minimum absolute atomic E-state index is 0.324. The van der Waals surface area contributed by atoms with Crippen molar-refractivity contribution in [2.45, 2.75) is 19.8 Å². The summed E-state index contributed by atoms with van der Waals surface area (Å²) in [5.74, 6) is 2.07.